The third-order valence-electron chi connectivity index (χ3n) is 3.35. The first-order chi connectivity index (χ1) is 12.5. The van der Waals surface area contributed by atoms with Crippen LogP contribution in [0.15, 0.2) is 0 Å². The van der Waals surface area contributed by atoms with E-state index in [1.807, 2.05) is 0 Å². The molecule has 0 radical (unpaired) electrons. The summed E-state index contributed by atoms with van der Waals surface area (Å²) in [7, 11) is 0. The van der Waals surface area contributed by atoms with E-state index in [1.165, 1.54) is 6.92 Å². The van der Waals surface area contributed by atoms with Crippen molar-refractivity contribution < 1.29 is 47.7 Å². The van der Waals surface area contributed by atoms with Gasteiger partial charge in [-0.15, -0.1) is 0 Å². The summed E-state index contributed by atoms with van der Waals surface area (Å²) in [5.74, 6) is -3.34. The van der Waals surface area contributed by atoms with E-state index in [0.29, 0.717) is 0 Å². The second kappa shape index (κ2) is 9.86. The minimum absolute atomic E-state index is 0.365. The molecule has 0 aliphatic carbocycles. The molecule has 1 heterocycles. The van der Waals surface area contributed by atoms with Gasteiger partial charge in [-0.25, -0.2) is 0 Å². The summed E-state index contributed by atoms with van der Waals surface area (Å²) in [6, 6.07) is -1.16. The van der Waals surface area contributed by atoms with Crippen molar-refractivity contribution in [2.75, 3.05) is 6.61 Å². The van der Waals surface area contributed by atoms with Gasteiger partial charge in [0.15, 0.2) is 12.2 Å². The number of carbonyl (C=O) groups excluding carboxylic acids is 5. The number of hydrogen-bond acceptors (Lipinski definition) is 10. The van der Waals surface area contributed by atoms with Gasteiger partial charge in [0.05, 0.1) is 0 Å². The Bertz CT molecular complexity index is 604. The zero-order chi connectivity index (χ0) is 20.7. The highest BCUT2D eigenvalue weighted by atomic mass is 16.7. The van der Waals surface area contributed by atoms with Gasteiger partial charge in [0.1, 0.15) is 18.8 Å². The van der Waals surface area contributed by atoms with Crippen LogP contribution in [0, 0.1) is 0 Å². The number of amides is 1. The van der Waals surface area contributed by atoms with Crippen LogP contribution in [0.4, 0.5) is 0 Å². The maximum absolute atomic E-state index is 11.6. The van der Waals surface area contributed by atoms with Crippen LogP contribution in [-0.4, -0.2) is 67.0 Å². The average Bonchev–Trinajstić information content (AvgIpc) is 2.49. The van der Waals surface area contributed by atoms with Crippen molar-refractivity contribution in [2.45, 2.75) is 65.3 Å². The second-order valence-corrected chi connectivity index (χ2v) is 5.83. The minimum atomic E-state index is -1.37. The quantitative estimate of drug-likeness (QED) is 0.453. The van der Waals surface area contributed by atoms with Gasteiger partial charge in [-0.2, -0.15) is 0 Å². The lowest BCUT2D eigenvalue weighted by Crippen LogP contribution is -2.66. The zero-order valence-corrected chi connectivity index (χ0v) is 15.7. The van der Waals surface area contributed by atoms with Gasteiger partial charge in [0.2, 0.25) is 12.2 Å². The third kappa shape index (κ3) is 7.21. The normalized spacial score (nSPS) is 27.1. The molecule has 0 unspecified atom stereocenters. The SMILES string of the molecule is CC(=O)N[C@@H]1[C@H](OC(C)=O)O[C@H](COC(C)=O)[C@@H](OC(C)=O)[C@H]1OC(C)=O. The lowest BCUT2D eigenvalue weighted by molar-refractivity contribution is -0.270. The lowest BCUT2D eigenvalue weighted by Gasteiger charge is -2.44. The van der Waals surface area contributed by atoms with Gasteiger partial charge in [0, 0.05) is 34.6 Å². The third-order valence-corrected chi connectivity index (χ3v) is 3.35. The molecular formula is C16H23NO10. The van der Waals surface area contributed by atoms with E-state index < -0.39 is 60.4 Å². The molecule has 1 saturated heterocycles. The van der Waals surface area contributed by atoms with E-state index in [2.05, 4.69) is 5.32 Å². The molecule has 0 aromatic rings. The zero-order valence-electron chi connectivity index (χ0n) is 15.7. The van der Waals surface area contributed by atoms with Crippen molar-refractivity contribution in [3.05, 3.63) is 0 Å². The number of nitrogens with one attached hydrogen (secondary N) is 1. The van der Waals surface area contributed by atoms with E-state index in [0.717, 1.165) is 27.7 Å². The molecule has 1 aliphatic rings. The molecule has 11 nitrogen and oxygen atoms in total. The minimum Gasteiger partial charge on any atom is -0.463 e. The topological polar surface area (TPSA) is 144 Å². The van der Waals surface area contributed by atoms with E-state index in [-0.39, 0.29) is 6.61 Å². The highest BCUT2D eigenvalue weighted by Crippen LogP contribution is 2.28. The molecular weight excluding hydrogens is 366 g/mol. The molecule has 1 aliphatic heterocycles. The Labute approximate surface area is 155 Å². The van der Waals surface area contributed by atoms with Crippen molar-refractivity contribution in [3.63, 3.8) is 0 Å². The predicted octanol–water partition coefficient (Wildman–Crippen LogP) is -0.794. The molecule has 1 N–H and O–H groups in total. The fraction of sp³-hybridized carbons (Fsp3) is 0.688. The molecule has 0 spiro atoms. The molecule has 1 fully saturated rings. The molecule has 11 heteroatoms. The van der Waals surface area contributed by atoms with E-state index in [4.69, 9.17) is 23.7 Å². The molecule has 27 heavy (non-hydrogen) atoms. The number of carbonyl (C=O) groups is 5. The van der Waals surface area contributed by atoms with Crippen LogP contribution < -0.4 is 5.32 Å². The Morgan fingerprint density at radius 2 is 1.30 bits per heavy atom. The van der Waals surface area contributed by atoms with Crippen molar-refractivity contribution >= 4 is 29.8 Å². The van der Waals surface area contributed by atoms with Crippen LogP contribution in [0.5, 0.6) is 0 Å². The number of rotatable bonds is 6. The first-order valence-electron chi connectivity index (χ1n) is 8.08. The Balaban J connectivity index is 3.29. The van der Waals surface area contributed by atoms with Crippen LogP contribution in [0.1, 0.15) is 34.6 Å². The fourth-order valence-electron chi connectivity index (χ4n) is 2.55. The van der Waals surface area contributed by atoms with Crippen LogP contribution >= 0.6 is 0 Å². The van der Waals surface area contributed by atoms with Gasteiger partial charge >= 0.3 is 23.9 Å². The van der Waals surface area contributed by atoms with Gasteiger partial charge in [0.25, 0.3) is 0 Å². The Hall–Kier alpha value is -2.69. The maximum Gasteiger partial charge on any atom is 0.305 e. The van der Waals surface area contributed by atoms with E-state index in [9.17, 15) is 24.0 Å². The molecule has 1 rings (SSSR count). The second-order valence-electron chi connectivity index (χ2n) is 5.83. The summed E-state index contributed by atoms with van der Waals surface area (Å²) in [5.41, 5.74) is 0. The maximum atomic E-state index is 11.6. The lowest BCUT2D eigenvalue weighted by atomic mass is 9.96. The van der Waals surface area contributed by atoms with Crippen molar-refractivity contribution in [3.8, 4) is 0 Å². The summed E-state index contributed by atoms with van der Waals surface area (Å²) in [5, 5.41) is 2.46. The summed E-state index contributed by atoms with van der Waals surface area (Å²) in [6.45, 7) is 5.36. The Morgan fingerprint density at radius 1 is 0.778 bits per heavy atom. The van der Waals surface area contributed by atoms with Gasteiger partial charge in [-0.1, -0.05) is 0 Å². The van der Waals surface area contributed by atoms with Crippen molar-refractivity contribution in [1.82, 2.24) is 5.32 Å². The van der Waals surface area contributed by atoms with Crippen LogP contribution in [-0.2, 0) is 47.7 Å². The summed E-state index contributed by atoms with van der Waals surface area (Å²) in [4.78, 5) is 57.2. The van der Waals surface area contributed by atoms with Crippen LogP contribution in [0.25, 0.3) is 0 Å². The molecule has 0 aromatic carbocycles. The highest BCUT2D eigenvalue weighted by Gasteiger charge is 2.52. The van der Waals surface area contributed by atoms with Crippen molar-refractivity contribution in [2.24, 2.45) is 0 Å². The summed E-state index contributed by atoms with van der Waals surface area (Å²) in [6.07, 6.45) is -4.97. The highest BCUT2D eigenvalue weighted by molar-refractivity contribution is 5.74. The number of ether oxygens (including phenoxy) is 5. The van der Waals surface area contributed by atoms with Crippen LogP contribution in [0.3, 0.4) is 0 Å². The molecule has 0 aromatic heterocycles. The fourth-order valence-corrected chi connectivity index (χ4v) is 2.55. The number of esters is 4. The Morgan fingerprint density at radius 3 is 1.74 bits per heavy atom. The molecule has 0 bridgehead atoms. The van der Waals surface area contributed by atoms with Crippen molar-refractivity contribution in [1.29, 1.82) is 0 Å². The van der Waals surface area contributed by atoms with Crippen LogP contribution in [0.2, 0.25) is 0 Å². The largest absolute Gasteiger partial charge is 0.463 e. The first kappa shape index (κ1) is 22.4. The molecule has 5 atom stereocenters. The Kier molecular flexibility index (Phi) is 8.16. The van der Waals surface area contributed by atoms with E-state index in [1.54, 1.807) is 0 Å². The van der Waals surface area contributed by atoms with Gasteiger partial charge < -0.3 is 29.0 Å². The standard InChI is InChI=1S/C16H23NO10/c1-7(18)17-13-15(25-10(4)21)14(24-9(3)20)12(6-23-8(2)19)27-16(13)26-11(5)22/h12-16H,6H2,1-5H3,(H,17,18)/t12-,13+,14-,15+,16-/m1/s1. The van der Waals surface area contributed by atoms with Gasteiger partial charge in [-0.3, -0.25) is 24.0 Å². The van der Waals surface area contributed by atoms with E-state index >= 15 is 0 Å². The summed E-state index contributed by atoms with van der Waals surface area (Å²) >= 11 is 0. The molecule has 0 saturated carbocycles. The monoisotopic (exact) mass is 389 g/mol. The predicted molar refractivity (Wildman–Crippen MR) is 85.8 cm³/mol. The first-order valence-corrected chi connectivity index (χ1v) is 8.08. The smallest absolute Gasteiger partial charge is 0.305 e. The van der Waals surface area contributed by atoms with Gasteiger partial charge in [-0.05, 0) is 0 Å². The number of hydrogen-bond donors (Lipinski definition) is 1. The average molecular weight is 389 g/mol. The molecule has 1 amide bonds. The molecule has 152 valence electrons. The summed E-state index contributed by atoms with van der Waals surface area (Å²) < 4.78 is 25.9.